The highest BCUT2D eigenvalue weighted by atomic mass is 16.4. The van der Waals surface area contributed by atoms with Crippen molar-refractivity contribution in [2.75, 3.05) is 11.1 Å². The Bertz CT molecular complexity index is 751. The molecule has 0 saturated carbocycles. The molecule has 0 atom stereocenters. The van der Waals surface area contributed by atoms with Crippen LogP contribution in [0.4, 0.5) is 11.4 Å². The van der Waals surface area contributed by atoms with E-state index in [1.165, 1.54) is 0 Å². The molecule has 0 aliphatic heterocycles. The van der Waals surface area contributed by atoms with Gasteiger partial charge in [-0.25, -0.2) is 0 Å². The van der Waals surface area contributed by atoms with Gasteiger partial charge in [0.25, 0.3) is 0 Å². The number of anilines is 2. The van der Waals surface area contributed by atoms with Crippen LogP contribution in [0.1, 0.15) is 11.5 Å². The van der Waals surface area contributed by atoms with Crippen LogP contribution in [-0.2, 0) is 6.54 Å². The molecule has 0 fully saturated rings. The van der Waals surface area contributed by atoms with Crippen LogP contribution < -0.4 is 11.1 Å². The number of para-hydroxylation sites is 2. The van der Waals surface area contributed by atoms with E-state index in [4.69, 9.17) is 10.2 Å². The Balaban J connectivity index is 1.85. The fourth-order valence-corrected chi connectivity index (χ4v) is 2.11. The summed E-state index contributed by atoms with van der Waals surface area (Å²) >= 11 is 0. The van der Waals surface area contributed by atoms with E-state index in [1.807, 2.05) is 48.5 Å². The van der Waals surface area contributed by atoms with E-state index in [-0.39, 0.29) is 0 Å². The first-order chi connectivity index (χ1) is 10.2. The van der Waals surface area contributed by atoms with E-state index in [0.717, 1.165) is 22.5 Å². The van der Waals surface area contributed by atoms with E-state index in [0.29, 0.717) is 18.3 Å². The van der Waals surface area contributed by atoms with Gasteiger partial charge in [-0.2, -0.15) is 0 Å². The van der Waals surface area contributed by atoms with Crippen LogP contribution in [-0.4, -0.2) is 10.2 Å². The monoisotopic (exact) mass is 280 g/mol. The zero-order valence-electron chi connectivity index (χ0n) is 11.7. The largest absolute Gasteiger partial charge is 0.421 e. The standard InChI is InChI=1S/C16H16N4O/c1-11-19-20-16(21-11)13-7-3-5-9-15(13)18-10-12-6-2-4-8-14(12)17/h2-9,18H,10,17H2,1H3. The molecule has 1 aromatic heterocycles. The Hall–Kier alpha value is -2.82. The van der Waals surface area contributed by atoms with Crippen molar-refractivity contribution >= 4 is 11.4 Å². The second kappa shape index (κ2) is 5.66. The van der Waals surface area contributed by atoms with Gasteiger partial charge in [0.1, 0.15) is 0 Å². The summed E-state index contributed by atoms with van der Waals surface area (Å²) in [7, 11) is 0. The van der Waals surface area contributed by atoms with Crippen molar-refractivity contribution in [1.29, 1.82) is 0 Å². The third-order valence-electron chi connectivity index (χ3n) is 3.21. The lowest BCUT2D eigenvalue weighted by molar-refractivity contribution is 0.533. The van der Waals surface area contributed by atoms with Gasteiger partial charge in [0.05, 0.1) is 5.56 Å². The molecule has 3 N–H and O–H groups in total. The van der Waals surface area contributed by atoms with Gasteiger partial charge in [-0.05, 0) is 23.8 Å². The lowest BCUT2D eigenvalue weighted by atomic mass is 10.1. The number of nitrogen functional groups attached to an aromatic ring is 1. The van der Waals surface area contributed by atoms with E-state index in [2.05, 4.69) is 15.5 Å². The number of aromatic nitrogens is 2. The summed E-state index contributed by atoms with van der Waals surface area (Å²) in [6.45, 7) is 2.41. The molecule has 5 heteroatoms. The summed E-state index contributed by atoms with van der Waals surface area (Å²) in [4.78, 5) is 0. The number of benzene rings is 2. The molecule has 0 aliphatic rings. The molecule has 0 amide bonds. The van der Waals surface area contributed by atoms with Gasteiger partial charge in [0.2, 0.25) is 11.8 Å². The van der Waals surface area contributed by atoms with Gasteiger partial charge in [0.15, 0.2) is 0 Å². The number of nitrogens with zero attached hydrogens (tertiary/aromatic N) is 2. The number of rotatable bonds is 4. The van der Waals surface area contributed by atoms with E-state index < -0.39 is 0 Å². The first kappa shape index (κ1) is 13.2. The van der Waals surface area contributed by atoms with E-state index >= 15 is 0 Å². The number of aryl methyl sites for hydroxylation is 1. The lowest BCUT2D eigenvalue weighted by Gasteiger charge is -2.11. The van der Waals surface area contributed by atoms with Crippen LogP contribution in [0.5, 0.6) is 0 Å². The van der Waals surface area contributed by atoms with Crippen molar-refractivity contribution in [3.63, 3.8) is 0 Å². The third kappa shape index (κ3) is 2.86. The average molecular weight is 280 g/mol. The molecule has 3 rings (SSSR count). The van der Waals surface area contributed by atoms with Gasteiger partial charge in [-0.15, -0.1) is 10.2 Å². The fraction of sp³-hybridized carbons (Fsp3) is 0.125. The number of nitrogens with one attached hydrogen (secondary N) is 1. The summed E-state index contributed by atoms with van der Waals surface area (Å²) in [5.74, 6) is 1.06. The normalized spacial score (nSPS) is 10.5. The minimum Gasteiger partial charge on any atom is -0.421 e. The molecule has 0 aliphatic carbocycles. The first-order valence-corrected chi connectivity index (χ1v) is 6.71. The van der Waals surface area contributed by atoms with Crippen molar-refractivity contribution in [2.45, 2.75) is 13.5 Å². The lowest BCUT2D eigenvalue weighted by Crippen LogP contribution is -2.03. The van der Waals surface area contributed by atoms with Crippen molar-refractivity contribution < 1.29 is 4.42 Å². The second-order valence-electron chi connectivity index (χ2n) is 4.72. The summed E-state index contributed by atoms with van der Waals surface area (Å²) in [6.07, 6.45) is 0. The topological polar surface area (TPSA) is 77.0 Å². The molecule has 1 heterocycles. The predicted octanol–water partition coefficient (Wildman–Crippen LogP) is 3.24. The number of hydrogen-bond acceptors (Lipinski definition) is 5. The average Bonchev–Trinajstić information content (AvgIpc) is 2.93. The summed E-state index contributed by atoms with van der Waals surface area (Å²) < 4.78 is 5.50. The molecule has 3 aromatic rings. The zero-order chi connectivity index (χ0) is 14.7. The minimum absolute atomic E-state index is 0.511. The minimum atomic E-state index is 0.511. The Labute approximate surface area is 122 Å². The molecule has 106 valence electrons. The molecule has 0 spiro atoms. The maximum absolute atomic E-state index is 5.96. The third-order valence-corrected chi connectivity index (χ3v) is 3.21. The van der Waals surface area contributed by atoms with Gasteiger partial charge in [0, 0.05) is 24.8 Å². The van der Waals surface area contributed by atoms with Gasteiger partial charge < -0.3 is 15.5 Å². The van der Waals surface area contributed by atoms with E-state index in [9.17, 15) is 0 Å². The Morgan fingerprint density at radius 3 is 2.57 bits per heavy atom. The molecule has 5 nitrogen and oxygen atoms in total. The van der Waals surface area contributed by atoms with Crippen molar-refractivity contribution in [3.8, 4) is 11.5 Å². The van der Waals surface area contributed by atoms with Crippen LogP contribution in [0, 0.1) is 6.92 Å². The van der Waals surface area contributed by atoms with Crippen LogP contribution in [0.3, 0.4) is 0 Å². The molecule has 2 aromatic carbocycles. The first-order valence-electron chi connectivity index (χ1n) is 6.71. The smallest absolute Gasteiger partial charge is 0.249 e. The van der Waals surface area contributed by atoms with E-state index in [1.54, 1.807) is 6.92 Å². The van der Waals surface area contributed by atoms with Crippen molar-refractivity contribution in [3.05, 3.63) is 60.0 Å². The van der Waals surface area contributed by atoms with Crippen molar-refractivity contribution in [1.82, 2.24) is 10.2 Å². The maximum Gasteiger partial charge on any atom is 0.249 e. The summed E-state index contributed by atoms with van der Waals surface area (Å²) in [6, 6.07) is 15.6. The zero-order valence-corrected chi connectivity index (χ0v) is 11.7. The highest BCUT2D eigenvalue weighted by Crippen LogP contribution is 2.27. The van der Waals surface area contributed by atoms with Gasteiger partial charge in [-0.3, -0.25) is 0 Å². The molecule has 0 radical (unpaired) electrons. The van der Waals surface area contributed by atoms with Crippen LogP contribution in [0.25, 0.3) is 11.5 Å². The number of hydrogen-bond donors (Lipinski definition) is 2. The van der Waals surface area contributed by atoms with Crippen LogP contribution >= 0.6 is 0 Å². The number of nitrogens with two attached hydrogens (primary N) is 1. The Morgan fingerprint density at radius 1 is 1.05 bits per heavy atom. The molecule has 21 heavy (non-hydrogen) atoms. The molecule has 0 unspecified atom stereocenters. The summed E-state index contributed by atoms with van der Waals surface area (Å²) in [5, 5.41) is 11.3. The quantitative estimate of drug-likeness (QED) is 0.717. The summed E-state index contributed by atoms with van der Waals surface area (Å²) in [5.41, 5.74) is 9.60. The van der Waals surface area contributed by atoms with Crippen LogP contribution in [0.2, 0.25) is 0 Å². The van der Waals surface area contributed by atoms with Gasteiger partial charge >= 0.3 is 0 Å². The fourth-order valence-electron chi connectivity index (χ4n) is 2.11. The molecule has 0 bridgehead atoms. The maximum atomic E-state index is 5.96. The Kier molecular flexibility index (Phi) is 3.55. The SMILES string of the molecule is Cc1nnc(-c2ccccc2NCc2ccccc2N)o1. The predicted molar refractivity (Wildman–Crippen MR) is 82.7 cm³/mol. The highest BCUT2D eigenvalue weighted by molar-refractivity contribution is 5.72. The van der Waals surface area contributed by atoms with Crippen LogP contribution in [0.15, 0.2) is 52.9 Å². The second-order valence-corrected chi connectivity index (χ2v) is 4.72. The Morgan fingerprint density at radius 2 is 1.81 bits per heavy atom. The van der Waals surface area contributed by atoms with Crippen molar-refractivity contribution in [2.24, 2.45) is 0 Å². The molecular formula is C16H16N4O. The molecule has 0 saturated heterocycles. The molecular weight excluding hydrogens is 264 g/mol. The van der Waals surface area contributed by atoms with Gasteiger partial charge in [-0.1, -0.05) is 30.3 Å². The highest BCUT2D eigenvalue weighted by Gasteiger charge is 2.10.